The average molecular weight is 354 g/mol. The third-order valence-electron chi connectivity index (χ3n) is 3.81. The van der Waals surface area contributed by atoms with E-state index >= 15 is 0 Å². The molecule has 0 spiro atoms. The van der Waals surface area contributed by atoms with E-state index < -0.39 is 0 Å². The van der Waals surface area contributed by atoms with Crippen molar-refractivity contribution < 1.29 is 14.3 Å². The molecule has 5 heteroatoms. The minimum atomic E-state index is -0.334. The summed E-state index contributed by atoms with van der Waals surface area (Å²) in [6.07, 6.45) is 2.91. The Kier molecular flexibility index (Phi) is 6.50. The van der Waals surface area contributed by atoms with E-state index in [1.54, 1.807) is 25.4 Å². The summed E-state index contributed by atoms with van der Waals surface area (Å²) in [5.74, 6) is 0.676. The van der Waals surface area contributed by atoms with Crippen LogP contribution in [-0.4, -0.2) is 29.3 Å². The Morgan fingerprint density at radius 3 is 2.58 bits per heavy atom. The van der Waals surface area contributed by atoms with Crippen molar-refractivity contribution in [2.24, 2.45) is 0 Å². The Morgan fingerprint density at radius 2 is 1.88 bits per heavy atom. The molecular formula is C21H26N2O3. The van der Waals surface area contributed by atoms with E-state index in [0.717, 1.165) is 16.9 Å². The van der Waals surface area contributed by atoms with Gasteiger partial charge in [0, 0.05) is 24.6 Å². The molecule has 2 aromatic rings. The SMILES string of the molecule is COc1ccccc1CCC(=O)Cc1ccnc(C(=O)NC(C)(C)C)c1. The molecule has 0 radical (unpaired) electrons. The first-order valence-electron chi connectivity index (χ1n) is 8.69. The van der Waals surface area contributed by atoms with E-state index in [-0.39, 0.29) is 23.7 Å². The third kappa shape index (κ3) is 5.99. The average Bonchev–Trinajstić information content (AvgIpc) is 2.59. The number of carbonyl (C=O) groups excluding carboxylic acids is 2. The van der Waals surface area contributed by atoms with E-state index in [4.69, 9.17) is 4.74 Å². The van der Waals surface area contributed by atoms with Crippen molar-refractivity contribution in [3.63, 3.8) is 0 Å². The molecule has 0 aliphatic heterocycles. The van der Waals surface area contributed by atoms with Crippen LogP contribution >= 0.6 is 0 Å². The van der Waals surface area contributed by atoms with Crippen LogP contribution in [0.15, 0.2) is 42.6 Å². The summed E-state index contributed by atoms with van der Waals surface area (Å²) >= 11 is 0. The van der Waals surface area contributed by atoms with Crippen LogP contribution in [0.1, 0.15) is 48.8 Å². The highest BCUT2D eigenvalue weighted by molar-refractivity contribution is 5.93. The van der Waals surface area contributed by atoms with E-state index in [1.165, 1.54) is 0 Å². The summed E-state index contributed by atoms with van der Waals surface area (Å²) in [7, 11) is 1.63. The molecule has 5 nitrogen and oxygen atoms in total. The van der Waals surface area contributed by atoms with Crippen molar-refractivity contribution >= 4 is 11.7 Å². The second-order valence-electron chi connectivity index (χ2n) is 7.28. The molecule has 2 rings (SSSR count). The van der Waals surface area contributed by atoms with E-state index in [0.29, 0.717) is 18.5 Å². The number of carbonyl (C=O) groups is 2. The highest BCUT2D eigenvalue weighted by Gasteiger charge is 2.17. The van der Waals surface area contributed by atoms with Crippen LogP contribution in [0.5, 0.6) is 5.75 Å². The van der Waals surface area contributed by atoms with Gasteiger partial charge < -0.3 is 10.1 Å². The van der Waals surface area contributed by atoms with Crippen LogP contribution in [0.3, 0.4) is 0 Å². The molecule has 0 unspecified atom stereocenters. The zero-order chi connectivity index (χ0) is 19.2. The molecular weight excluding hydrogens is 328 g/mol. The van der Waals surface area contributed by atoms with Gasteiger partial charge in [0.1, 0.15) is 17.2 Å². The molecule has 1 aromatic carbocycles. The number of nitrogens with zero attached hydrogens (tertiary/aromatic N) is 1. The zero-order valence-electron chi connectivity index (χ0n) is 15.8. The molecule has 1 N–H and O–H groups in total. The smallest absolute Gasteiger partial charge is 0.270 e. The number of ketones is 1. The van der Waals surface area contributed by atoms with Gasteiger partial charge in [0.2, 0.25) is 0 Å². The minimum absolute atomic E-state index is 0.115. The van der Waals surface area contributed by atoms with Crippen LogP contribution in [0.2, 0.25) is 0 Å². The molecule has 26 heavy (non-hydrogen) atoms. The third-order valence-corrected chi connectivity index (χ3v) is 3.81. The number of nitrogens with one attached hydrogen (secondary N) is 1. The Bertz CT molecular complexity index is 779. The lowest BCUT2D eigenvalue weighted by molar-refractivity contribution is -0.118. The molecule has 0 saturated heterocycles. The van der Waals surface area contributed by atoms with Crippen molar-refractivity contribution in [2.45, 2.75) is 45.6 Å². The first kappa shape index (κ1) is 19.6. The topological polar surface area (TPSA) is 68.3 Å². The summed E-state index contributed by atoms with van der Waals surface area (Å²) in [6.45, 7) is 5.74. The van der Waals surface area contributed by atoms with E-state index in [1.807, 2.05) is 45.0 Å². The molecule has 0 atom stereocenters. The second kappa shape index (κ2) is 8.61. The molecule has 1 amide bonds. The number of benzene rings is 1. The van der Waals surface area contributed by atoms with Gasteiger partial charge >= 0.3 is 0 Å². The zero-order valence-corrected chi connectivity index (χ0v) is 15.8. The maximum Gasteiger partial charge on any atom is 0.270 e. The minimum Gasteiger partial charge on any atom is -0.496 e. The molecule has 1 aromatic heterocycles. The molecule has 1 heterocycles. The second-order valence-corrected chi connectivity index (χ2v) is 7.28. The summed E-state index contributed by atoms with van der Waals surface area (Å²) < 4.78 is 5.31. The maximum absolute atomic E-state index is 12.3. The van der Waals surface area contributed by atoms with Crippen LogP contribution < -0.4 is 10.1 Å². The highest BCUT2D eigenvalue weighted by Crippen LogP contribution is 2.19. The number of para-hydroxylation sites is 1. The number of rotatable bonds is 7. The van der Waals surface area contributed by atoms with E-state index in [2.05, 4.69) is 10.3 Å². The summed E-state index contributed by atoms with van der Waals surface area (Å²) in [6, 6.07) is 11.2. The maximum atomic E-state index is 12.3. The van der Waals surface area contributed by atoms with Gasteiger partial charge in [0.05, 0.1) is 7.11 Å². The van der Waals surface area contributed by atoms with Gasteiger partial charge in [-0.1, -0.05) is 18.2 Å². The highest BCUT2D eigenvalue weighted by atomic mass is 16.5. The number of aromatic nitrogens is 1. The van der Waals surface area contributed by atoms with Gasteiger partial charge in [-0.05, 0) is 56.5 Å². The Balaban J connectivity index is 1.97. The molecule has 0 aliphatic carbocycles. The fourth-order valence-corrected chi connectivity index (χ4v) is 2.61. The first-order valence-corrected chi connectivity index (χ1v) is 8.69. The summed E-state index contributed by atoms with van der Waals surface area (Å²) in [4.78, 5) is 28.6. The lowest BCUT2D eigenvalue weighted by atomic mass is 10.0. The molecule has 0 aliphatic rings. The van der Waals surface area contributed by atoms with Gasteiger partial charge in [0.25, 0.3) is 5.91 Å². The van der Waals surface area contributed by atoms with Gasteiger partial charge in [0.15, 0.2) is 0 Å². The van der Waals surface area contributed by atoms with Crippen LogP contribution in [-0.2, 0) is 17.6 Å². The lowest BCUT2D eigenvalue weighted by Crippen LogP contribution is -2.40. The van der Waals surface area contributed by atoms with Crippen LogP contribution in [0.25, 0.3) is 0 Å². The number of hydrogen-bond donors (Lipinski definition) is 1. The molecule has 138 valence electrons. The van der Waals surface area contributed by atoms with Crippen LogP contribution in [0, 0.1) is 0 Å². The number of ether oxygens (including phenoxy) is 1. The Labute approximate surface area is 154 Å². The number of Topliss-reactive ketones (excluding diaryl/α,β-unsaturated/α-hetero) is 1. The van der Waals surface area contributed by atoms with E-state index in [9.17, 15) is 9.59 Å². The molecule has 0 saturated carbocycles. The number of methoxy groups -OCH3 is 1. The van der Waals surface area contributed by atoms with Crippen molar-refractivity contribution in [1.29, 1.82) is 0 Å². The summed E-state index contributed by atoms with van der Waals surface area (Å²) in [5, 5.41) is 2.88. The molecule has 0 fully saturated rings. The van der Waals surface area contributed by atoms with Gasteiger partial charge in [-0.25, -0.2) is 0 Å². The predicted octanol–water partition coefficient (Wildman–Crippen LogP) is 3.36. The molecule has 0 bridgehead atoms. The van der Waals surface area contributed by atoms with Gasteiger partial charge in [-0.2, -0.15) is 0 Å². The standard InChI is InChI=1S/C21H26N2O3/c1-21(2,3)23-20(25)18-14-15(11-12-22-18)13-17(24)10-9-16-7-5-6-8-19(16)26-4/h5-8,11-12,14H,9-10,13H2,1-4H3,(H,23,25). The Hall–Kier alpha value is -2.69. The normalized spacial score (nSPS) is 11.1. The van der Waals surface area contributed by atoms with Crippen LogP contribution in [0.4, 0.5) is 0 Å². The van der Waals surface area contributed by atoms with Gasteiger partial charge in [-0.3, -0.25) is 14.6 Å². The largest absolute Gasteiger partial charge is 0.496 e. The number of aryl methyl sites for hydroxylation is 1. The first-order chi connectivity index (χ1) is 12.3. The fourth-order valence-electron chi connectivity index (χ4n) is 2.61. The number of hydrogen-bond acceptors (Lipinski definition) is 4. The fraction of sp³-hybridized carbons (Fsp3) is 0.381. The van der Waals surface area contributed by atoms with Gasteiger partial charge in [-0.15, -0.1) is 0 Å². The van der Waals surface area contributed by atoms with Crippen molar-refractivity contribution in [1.82, 2.24) is 10.3 Å². The number of pyridine rings is 1. The Morgan fingerprint density at radius 1 is 1.15 bits per heavy atom. The number of amides is 1. The van der Waals surface area contributed by atoms with Crippen molar-refractivity contribution in [3.8, 4) is 5.75 Å². The quantitative estimate of drug-likeness (QED) is 0.828. The monoisotopic (exact) mass is 354 g/mol. The van der Waals surface area contributed by atoms with Crippen molar-refractivity contribution in [2.75, 3.05) is 7.11 Å². The predicted molar refractivity (Wildman–Crippen MR) is 101 cm³/mol. The van der Waals surface area contributed by atoms with Crippen molar-refractivity contribution in [3.05, 3.63) is 59.4 Å². The lowest BCUT2D eigenvalue weighted by Gasteiger charge is -2.20. The summed E-state index contributed by atoms with van der Waals surface area (Å²) in [5.41, 5.74) is 1.81.